The van der Waals surface area contributed by atoms with Gasteiger partial charge in [-0.2, -0.15) is 0 Å². The Hall–Kier alpha value is -2.13. The maximum absolute atomic E-state index is 12.1. The number of nitrogens with one attached hydrogen (secondary N) is 1. The summed E-state index contributed by atoms with van der Waals surface area (Å²) in [7, 11) is 0. The first-order chi connectivity index (χ1) is 10.1. The highest BCUT2D eigenvalue weighted by molar-refractivity contribution is 5.94. The molecule has 21 heavy (non-hydrogen) atoms. The predicted octanol–water partition coefficient (Wildman–Crippen LogP) is 3.12. The minimum atomic E-state index is -0.0502. The number of aryl methyl sites for hydroxylation is 2. The maximum Gasteiger partial charge on any atom is 0.251 e. The second-order valence-electron chi connectivity index (χ2n) is 5.44. The van der Waals surface area contributed by atoms with Crippen molar-refractivity contribution in [2.75, 3.05) is 6.54 Å². The average molecular weight is 282 g/mol. The maximum atomic E-state index is 12.1. The summed E-state index contributed by atoms with van der Waals surface area (Å²) in [5.74, 6) is -0.0398. The van der Waals surface area contributed by atoms with Crippen LogP contribution in [0.15, 0.2) is 48.5 Å². The highest BCUT2D eigenvalue weighted by Gasteiger charge is 2.08. The lowest BCUT2D eigenvalue weighted by molar-refractivity contribution is 0.0952. The van der Waals surface area contributed by atoms with Gasteiger partial charge < -0.3 is 11.1 Å². The lowest BCUT2D eigenvalue weighted by atomic mass is 10.0. The molecule has 2 aromatic rings. The molecule has 0 aliphatic rings. The summed E-state index contributed by atoms with van der Waals surface area (Å²) in [6, 6.07) is 15.8. The SMILES string of the molecule is Cc1cc(C)cc(C(=O)NCCC(N)c2ccccc2)c1. The second kappa shape index (κ2) is 7.04. The van der Waals surface area contributed by atoms with Crippen molar-refractivity contribution >= 4 is 5.91 Å². The van der Waals surface area contributed by atoms with E-state index >= 15 is 0 Å². The van der Waals surface area contributed by atoms with E-state index in [9.17, 15) is 4.79 Å². The van der Waals surface area contributed by atoms with Crippen molar-refractivity contribution in [3.63, 3.8) is 0 Å². The van der Waals surface area contributed by atoms with Crippen LogP contribution in [0.4, 0.5) is 0 Å². The van der Waals surface area contributed by atoms with Gasteiger partial charge in [0.05, 0.1) is 0 Å². The Morgan fingerprint density at radius 3 is 2.33 bits per heavy atom. The quantitative estimate of drug-likeness (QED) is 0.885. The smallest absolute Gasteiger partial charge is 0.251 e. The van der Waals surface area contributed by atoms with Crippen molar-refractivity contribution in [1.29, 1.82) is 0 Å². The molecule has 0 aromatic heterocycles. The zero-order valence-corrected chi connectivity index (χ0v) is 12.6. The molecule has 0 saturated carbocycles. The van der Waals surface area contributed by atoms with E-state index in [1.54, 1.807) is 0 Å². The number of rotatable bonds is 5. The van der Waals surface area contributed by atoms with Crippen LogP contribution < -0.4 is 11.1 Å². The Kier molecular flexibility index (Phi) is 5.12. The monoisotopic (exact) mass is 282 g/mol. The first kappa shape index (κ1) is 15.3. The zero-order valence-electron chi connectivity index (χ0n) is 12.6. The van der Waals surface area contributed by atoms with Crippen LogP contribution in [0.3, 0.4) is 0 Å². The minimum absolute atomic E-state index is 0.0398. The van der Waals surface area contributed by atoms with E-state index < -0.39 is 0 Å². The van der Waals surface area contributed by atoms with Crippen LogP contribution in [0, 0.1) is 13.8 Å². The van der Waals surface area contributed by atoms with E-state index in [1.807, 2.05) is 56.3 Å². The molecule has 1 amide bonds. The summed E-state index contributed by atoms with van der Waals surface area (Å²) < 4.78 is 0. The molecular formula is C18H22N2O. The number of hydrogen-bond donors (Lipinski definition) is 2. The molecule has 1 atom stereocenters. The Bertz CT molecular complexity index is 588. The topological polar surface area (TPSA) is 55.1 Å². The summed E-state index contributed by atoms with van der Waals surface area (Å²) in [5.41, 5.74) is 10.1. The zero-order chi connectivity index (χ0) is 15.2. The lowest BCUT2D eigenvalue weighted by Gasteiger charge is -2.13. The van der Waals surface area contributed by atoms with Crippen LogP contribution in [-0.4, -0.2) is 12.5 Å². The molecule has 1 unspecified atom stereocenters. The molecule has 2 aromatic carbocycles. The second-order valence-corrected chi connectivity index (χ2v) is 5.44. The van der Waals surface area contributed by atoms with Crippen molar-refractivity contribution in [2.45, 2.75) is 26.3 Å². The van der Waals surface area contributed by atoms with Crippen LogP contribution in [0.2, 0.25) is 0 Å². The molecule has 3 nitrogen and oxygen atoms in total. The van der Waals surface area contributed by atoms with Crippen molar-refractivity contribution in [3.05, 3.63) is 70.8 Å². The van der Waals surface area contributed by atoms with Crippen molar-refractivity contribution in [3.8, 4) is 0 Å². The standard InChI is InChI=1S/C18H22N2O/c1-13-10-14(2)12-16(11-13)18(21)20-9-8-17(19)15-6-4-3-5-7-15/h3-7,10-12,17H,8-9,19H2,1-2H3,(H,20,21). The Morgan fingerprint density at radius 2 is 1.71 bits per heavy atom. The van der Waals surface area contributed by atoms with Gasteiger partial charge in [0.15, 0.2) is 0 Å². The summed E-state index contributed by atoms with van der Waals surface area (Å²) in [4.78, 5) is 12.1. The van der Waals surface area contributed by atoms with Gasteiger partial charge in [0.1, 0.15) is 0 Å². The highest BCUT2D eigenvalue weighted by atomic mass is 16.1. The third-order valence-electron chi connectivity index (χ3n) is 3.45. The van der Waals surface area contributed by atoms with Crippen LogP contribution >= 0.6 is 0 Å². The summed E-state index contributed by atoms with van der Waals surface area (Å²) >= 11 is 0. The molecule has 0 saturated heterocycles. The number of benzene rings is 2. The van der Waals surface area contributed by atoms with Gasteiger partial charge in [-0.3, -0.25) is 4.79 Å². The molecular weight excluding hydrogens is 260 g/mol. The number of amides is 1. The normalized spacial score (nSPS) is 12.0. The van der Waals surface area contributed by atoms with Gasteiger partial charge in [0.2, 0.25) is 0 Å². The molecule has 0 fully saturated rings. The van der Waals surface area contributed by atoms with Crippen LogP contribution in [0.1, 0.15) is 39.5 Å². The van der Waals surface area contributed by atoms with Crippen molar-refractivity contribution in [1.82, 2.24) is 5.32 Å². The third-order valence-corrected chi connectivity index (χ3v) is 3.45. The molecule has 3 N–H and O–H groups in total. The molecule has 0 bridgehead atoms. The predicted molar refractivity (Wildman–Crippen MR) is 86.2 cm³/mol. The van der Waals surface area contributed by atoms with Crippen LogP contribution in [-0.2, 0) is 0 Å². The van der Waals surface area contributed by atoms with E-state index in [2.05, 4.69) is 11.4 Å². The van der Waals surface area contributed by atoms with E-state index in [4.69, 9.17) is 5.73 Å². The Balaban J connectivity index is 1.87. The fourth-order valence-corrected chi connectivity index (χ4v) is 2.42. The number of hydrogen-bond acceptors (Lipinski definition) is 2. The van der Waals surface area contributed by atoms with E-state index in [-0.39, 0.29) is 11.9 Å². The van der Waals surface area contributed by atoms with Gasteiger partial charge >= 0.3 is 0 Å². The molecule has 110 valence electrons. The van der Waals surface area contributed by atoms with Gasteiger partial charge in [-0.05, 0) is 38.0 Å². The number of nitrogens with two attached hydrogens (primary N) is 1. The largest absolute Gasteiger partial charge is 0.352 e. The highest BCUT2D eigenvalue weighted by Crippen LogP contribution is 2.13. The van der Waals surface area contributed by atoms with Gasteiger partial charge in [-0.1, -0.05) is 47.5 Å². The van der Waals surface area contributed by atoms with Gasteiger partial charge in [0.25, 0.3) is 5.91 Å². The summed E-state index contributed by atoms with van der Waals surface area (Å²) in [6.07, 6.45) is 0.723. The molecule has 0 spiro atoms. The molecule has 2 rings (SSSR count). The average Bonchev–Trinajstić information content (AvgIpc) is 2.47. The van der Waals surface area contributed by atoms with E-state index in [0.717, 1.165) is 23.1 Å². The minimum Gasteiger partial charge on any atom is -0.352 e. The molecule has 0 aliphatic carbocycles. The van der Waals surface area contributed by atoms with Gasteiger partial charge in [-0.25, -0.2) is 0 Å². The summed E-state index contributed by atoms with van der Waals surface area (Å²) in [6.45, 7) is 4.56. The van der Waals surface area contributed by atoms with Crippen molar-refractivity contribution < 1.29 is 4.79 Å². The van der Waals surface area contributed by atoms with E-state index in [1.165, 1.54) is 0 Å². The first-order valence-electron chi connectivity index (χ1n) is 7.23. The third kappa shape index (κ3) is 4.43. The molecule has 0 heterocycles. The molecule has 0 radical (unpaired) electrons. The number of carbonyl (C=O) groups is 1. The number of carbonyl (C=O) groups excluding carboxylic acids is 1. The first-order valence-corrected chi connectivity index (χ1v) is 7.23. The van der Waals surface area contributed by atoms with Gasteiger partial charge in [-0.15, -0.1) is 0 Å². The molecule has 0 aliphatic heterocycles. The molecule has 3 heteroatoms. The van der Waals surface area contributed by atoms with Gasteiger partial charge in [0, 0.05) is 18.2 Å². The van der Waals surface area contributed by atoms with Crippen LogP contribution in [0.25, 0.3) is 0 Å². The van der Waals surface area contributed by atoms with Crippen LogP contribution in [0.5, 0.6) is 0 Å². The lowest BCUT2D eigenvalue weighted by Crippen LogP contribution is -2.27. The summed E-state index contributed by atoms with van der Waals surface area (Å²) in [5, 5.41) is 2.94. The van der Waals surface area contributed by atoms with Crippen molar-refractivity contribution in [2.24, 2.45) is 5.73 Å². The fraction of sp³-hybridized carbons (Fsp3) is 0.278. The Labute approximate surface area is 126 Å². The Morgan fingerprint density at radius 1 is 1.10 bits per heavy atom. The fourth-order valence-electron chi connectivity index (χ4n) is 2.42. The van der Waals surface area contributed by atoms with E-state index in [0.29, 0.717) is 12.1 Å².